The predicted molar refractivity (Wildman–Crippen MR) is 143 cm³/mol. The number of hydrogen-bond donors (Lipinski definition) is 0. The van der Waals surface area contributed by atoms with Crippen molar-refractivity contribution in [2.45, 2.75) is 46.1 Å². The molecule has 3 nitrogen and oxygen atoms in total. The number of likely N-dealkylation sites (tertiary alicyclic amines) is 1. The summed E-state index contributed by atoms with van der Waals surface area (Å²) in [6, 6.07) is 21.6. The molecule has 2 atom stereocenters. The first-order chi connectivity index (χ1) is 16.3. The lowest BCUT2D eigenvalue weighted by atomic mass is 9.87. The summed E-state index contributed by atoms with van der Waals surface area (Å²) < 4.78 is 0. The molecule has 2 aromatic carbocycles. The van der Waals surface area contributed by atoms with Gasteiger partial charge in [-0.1, -0.05) is 70.2 Å². The second-order valence-electron chi connectivity index (χ2n) is 11.0. The zero-order valence-electron chi connectivity index (χ0n) is 20.8. The highest BCUT2D eigenvalue weighted by Gasteiger charge is 2.56. The lowest BCUT2D eigenvalue weighted by molar-refractivity contribution is 0.0988. The van der Waals surface area contributed by atoms with Crippen molar-refractivity contribution in [1.29, 1.82) is 0 Å². The largest absolute Gasteiger partial charge is 0.307 e. The van der Waals surface area contributed by atoms with E-state index >= 15 is 0 Å². The van der Waals surface area contributed by atoms with Gasteiger partial charge < -0.3 is 4.90 Å². The number of fused-ring (bicyclic) bond motifs is 1. The fourth-order valence-corrected chi connectivity index (χ4v) is 6.14. The topological polar surface area (TPSA) is 23.6 Å². The number of rotatable bonds is 7. The molecule has 1 aromatic heterocycles. The Bertz CT molecular complexity index is 1100. The second-order valence-corrected chi connectivity index (χ2v) is 12.0. The molecular formula is C30H36N2OS. The van der Waals surface area contributed by atoms with Gasteiger partial charge in [0.05, 0.1) is 4.88 Å². The van der Waals surface area contributed by atoms with Crippen LogP contribution < -0.4 is 4.90 Å². The first kappa shape index (κ1) is 23.3. The Kier molecular flexibility index (Phi) is 6.39. The normalized spacial score (nSPS) is 21.9. The van der Waals surface area contributed by atoms with Gasteiger partial charge in [0, 0.05) is 31.9 Å². The van der Waals surface area contributed by atoms with E-state index in [0.29, 0.717) is 17.8 Å². The van der Waals surface area contributed by atoms with Gasteiger partial charge >= 0.3 is 0 Å². The third-order valence-corrected chi connectivity index (χ3v) is 8.56. The number of thiophene rings is 1. The summed E-state index contributed by atoms with van der Waals surface area (Å²) in [5.74, 6) is 2.16. The molecule has 5 rings (SSSR count). The summed E-state index contributed by atoms with van der Waals surface area (Å²) in [5.41, 5.74) is 5.23. The molecule has 2 fully saturated rings. The van der Waals surface area contributed by atoms with E-state index in [9.17, 15) is 4.79 Å². The average Bonchev–Trinajstić information content (AvgIpc) is 3.22. The predicted octanol–water partition coefficient (Wildman–Crippen LogP) is 6.63. The number of benzene rings is 2. The van der Waals surface area contributed by atoms with Crippen LogP contribution in [0, 0.1) is 17.8 Å². The van der Waals surface area contributed by atoms with Crippen molar-refractivity contribution >= 4 is 22.9 Å². The van der Waals surface area contributed by atoms with Crippen LogP contribution >= 0.6 is 11.3 Å². The van der Waals surface area contributed by atoms with Crippen LogP contribution in [-0.4, -0.2) is 30.4 Å². The highest BCUT2D eigenvalue weighted by molar-refractivity contribution is 7.12. The van der Waals surface area contributed by atoms with Crippen molar-refractivity contribution in [2.75, 3.05) is 24.5 Å². The number of carbonyl (C=O) groups excluding carboxylic acids is 1. The van der Waals surface area contributed by atoms with E-state index in [4.69, 9.17) is 0 Å². The smallest absolute Gasteiger partial charge is 0.268 e. The Hall–Kier alpha value is -2.43. The quantitative estimate of drug-likeness (QED) is 0.385. The number of hydrogen-bond acceptors (Lipinski definition) is 3. The van der Waals surface area contributed by atoms with Gasteiger partial charge in [-0.05, 0) is 69.9 Å². The molecule has 4 heteroatoms. The van der Waals surface area contributed by atoms with E-state index in [1.807, 2.05) is 22.4 Å². The number of anilines is 1. The van der Waals surface area contributed by atoms with Crippen molar-refractivity contribution in [1.82, 2.24) is 4.90 Å². The zero-order valence-corrected chi connectivity index (χ0v) is 21.6. The Balaban J connectivity index is 1.25. The summed E-state index contributed by atoms with van der Waals surface area (Å²) >= 11 is 1.53. The molecule has 2 aliphatic rings. The second kappa shape index (κ2) is 9.31. The van der Waals surface area contributed by atoms with Crippen LogP contribution in [0.5, 0.6) is 0 Å². The standard InChI is InChI=1S/C30H36N2OS/c1-5-21-8-10-22(11-9-21)17-31-18-25-26(19-31)27(25)20-32(29(33)28-7-6-16-34-28)24-14-12-23(13-15-24)30(2,3)4/h6-16,25-27H,5,17-20H2,1-4H3. The molecule has 2 unspecified atom stereocenters. The van der Waals surface area contributed by atoms with Crippen LogP contribution in [0.3, 0.4) is 0 Å². The van der Waals surface area contributed by atoms with Crippen molar-refractivity contribution in [3.8, 4) is 0 Å². The molecule has 1 aliphatic carbocycles. The van der Waals surface area contributed by atoms with Crippen LogP contribution in [0.1, 0.15) is 54.1 Å². The summed E-state index contributed by atoms with van der Waals surface area (Å²) in [6.45, 7) is 13.0. The number of piperidine rings is 1. The maximum atomic E-state index is 13.5. The molecule has 1 aliphatic heterocycles. The molecule has 1 amide bonds. The maximum Gasteiger partial charge on any atom is 0.268 e. The van der Waals surface area contributed by atoms with Gasteiger partial charge in [0.1, 0.15) is 0 Å². The van der Waals surface area contributed by atoms with Gasteiger partial charge in [0.2, 0.25) is 0 Å². The van der Waals surface area contributed by atoms with Crippen molar-refractivity contribution < 1.29 is 4.79 Å². The van der Waals surface area contributed by atoms with Crippen LogP contribution in [0.4, 0.5) is 5.69 Å². The molecule has 178 valence electrons. The Morgan fingerprint density at radius 3 is 2.18 bits per heavy atom. The van der Waals surface area contributed by atoms with Crippen LogP contribution in [0.2, 0.25) is 0 Å². The van der Waals surface area contributed by atoms with Crippen molar-refractivity contribution in [3.63, 3.8) is 0 Å². The van der Waals surface area contributed by atoms with Crippen LogP contribution in [0.15, 0.2) is 66.0 Å². The lowest BCUT2D eigenvalue weighted by Gasteiger charge is -2.26. The SMILES string of the molecule is CCc1ccc(CN2CC3C(C2)C3CN(C(=O)c2cccs2)c2ccc(C(C)(C)C)cc2)cc1. The van der Waals surface area contributed by atoms with Gasteiger partial charge in [-0.3, -0.25) is 9.69 Å². The minimum atomic E-state index is 0.106. The molecule has 1 saturated heterocycles. The highest BCUT2D eigenvalue weighted by atomic mass is 32.1. The van der Waals surface area contributed by atoms with Crippen LogP contribution in [0.25, 0.3) is 0 Å². The first-order valence-electron chi connectivity index (χ1n) is 12.6. The molecule has 34 heavy (non-hydrogen) atoms. The zero-order chi connectivity index (χ0) is 23.9. The Labute approximate surface area is 208 Å². The number of aryl methyl sites for hydroxylation is 1. The molecule has 0 bridgehead atoms. The molecule has 0 spiro atoms. The molecule has 2 heterocycles. The van der Waals surface area contributed by atoms with E-state index in [-0.39, 0.29) is 11.3 Å². The number of amides is 1. The van der Waals surface area contributed by atoms with E-state index in [1.165, 1.54) is 28.0 Å². The van der Waals surface area contributed by atoms with Gasteiger partial charge in [-0.2, -0.15) is 0 Å². The number of nitrogens with zero attached hydrogens (tertiary/aromatic N) is 2. The van der Waals surface area contributed by atoms with Gasteiger partial charge in [0.25, 0.3) is 5.91 Å². The molecule has 1 saturated carbocycles. The van der Waals surface area contributed by atoms with E-state index in [0.717, 1.165) is 43.2 Å². The Morgan fingerprint density at radius 2 is 1.62 bits per heavy atom. The van der Waals surface area contributed by atoms with E-state index < -0.39 is 0 Å². The lowest BCUT2D eigenvalue weighted by Crippen LogP contribution is -2.35. The first-order valence-corrected chi connectivity index (χ1v) is 13.5. The minimum Gasteiger partial charge on any atom is -0.307 e. The molecule has 0 radical (unpaired) electrons. The fraction of sp³-hybridized carbons (Fsp3) is 0.433. The average molecular weight is 473 g/mol. The summed E-state index contributed by atoms with van der Waals surface area (Å²) in [4.78, 5) is 18.9. The molecule has 0 N–H and O–H groups in total. The van der Waals surface area contributed by atoms with Gasteiger partial charge in [0.15, 0.2) is 0 Å². The van der Waals surface area contributed by atoms with Crippen molar-refractivity contribution in [3.05, 3.63) is 87.6 Å². The monoisotopic (exact) mass is 472 g/mol. The molecule has 3 aromatic rings. The highest BCUT2D eigenvalue weighted by Crippen LogP contribution is 2.52. The minimum absolute atomic E-state index is 0.106. The summed E-state index contributed by atoms with van der Waals surface area (Å²) in [6.07, 6.45) is 1.09. The van der Waals surface area contributed by atoms with E-state index in [2.05, 4.69) is 81.1 Å². The summed E-state index contributed by atoms with van der Waals surface area (Å²) in [5, 5.41) is 1.99. The third-order valence-electron chi connectivity index (χ3n) is 7.70. The summed E-state index contributed by atoms with van der Waals surface area (Å²) in [7, 11) is 0. The molecular weight excluding hydrogens is 436 g/mol. The van der Waals surface area contributed by atoms with Gasteiger partial charge in [-0.25, -0.2) is 0 Å². The number of carbonyl (C=O) groups is 1. The fourth-order valence-electron chi connectivity index (χ4n) is 5.47. The van der Waals surface area contributed by atoms with Crippen LogP contribution in [-0.2, 0) is 18.4 Å². The van der Waals surface area contributed by atoms with Crippen molar-refractivity contribution in [2.24, 2.45) is 17.8 Å². The third kappa shape index (κ3) is 4.85. The van der Waals surface area contributed by atoms with E-state index in [1.54, 1.807) is 0 Å². The van der Waals surface area contributed by atoms with Gasteiger partial charge in [-0.15, -0.1) is 11.3 Å². The Morgan fingerprint density at radius 1 is 0.971 bits per heavy atom. The maximum absolute atomic E-state index is 13.5.